The Morgan fingerprint density at radius 3 is 2.63 bits per heavy atom. The molecule has 5 rings (SSSR count). The molecule has 1 atom stereocenters. The molecule has 0 aliphatic carbocycles. The van der Waals surface area contributed by atoms with Gasteiger partial charge in [-0.15, -0.1) is 0 Å². The highest BCUT2D eigenvalue weighted by Crippen LogP contribution is 2.34. The van der Waals surface area contributed by atoms with Crippen LogP contribution in [-0.2, 0) is 13.0 Å². The van der Waals surface area contributed by atoms with Gasteiger partial charge < -0.3 is 15.0 Å². The number of nitrogens with zero attached hydrogens (tertiary/aromatic N) is 5. The van der Waals surface area contributed by atoms with Gasteiger partial charge in [0.2, 0.25) is 11.8 Å². The van der Waals surface area contributed by atoms with E-state index in [4.69, 9.17) is 9.72 Å². The molecule has 176 valence electrons. The largest absolute Gasteiger partial charge is 0.469 e. The van der Waals surface area contributed by atoms with E-state index in [1.54, 1.807) is 12.4 Å². The standard InChI is InChI=1S/C27H26N6O2/c1-18-14-29-22(15-28-18)16-30-25(34)23-17-31-27(33-13-12-21-10-6-7-11-24(21)33)32-26(23)35-19(2)20-8-4-3-5-9-20/h3-11,14-15,17,19H,12-13,16H2,1-2H3,(H,30,34)/t19-/m0/s1. The highest BCUT2D eigenvalue weighted by molar-refractivity contribution is 5.96. The minimum atomic E-state index is -0.337. The normalized spacial score (nSPS) is 13.3. The molecule has 1 amide bonds. The van der Waals surface area contributed by atoms with Crippen LogP contribution in [0, 0.1) is 6.92 Å². The van der Waals surface area contributed by atoms with Crippen molar-refractivity contribution in [2.24, 2.45) is 0 Å². The van der Waals surface area contributed by atoms with E-state index in [0.29, 0.717) is 11.6 Å². The first-order chi connectivity index (χ1) is 17.1. The molecule has 0 bridgehead atoms. The summed E-state index contributed by atoms with van der Waals surface area (Å²) in [5.41, 5.74) is 5.06. The number of fused-ring (bicyclic) bond motifs is 1. The maximum absolute atomic E-state index is 13.1. The average Bonchev–Trinajstić information content (AvgIpc) is 3.33. The molecule has 1 N–H and O–H groups in total. The van der Waals surface area contributed by atoms with Crippen molar-refractivity contribution >= 4 is 17.5 Å². The highest BCUT2D eigenvalue weighted by Gasteiger charge is 2.25. The number of anilines is 2. The summed E-state index contributed by atoms with van der Waals surface area (Å²) < 4.78 is 6.24. The summed E-state index contributed by atoms with van der Waals surface area (Å²) in [5.74, 6) is 0.408. The van der Waals surface area contributed by atoms with Crippen molar-refractivity contribution in [1.82, 2.24) is 25.3 Å². The maximum Gasteiger partial charge on any atom is 0.258 e. The first-order valence-corrected chi connectivity index (χ1v) is 11.6. The van der Waals surface area contributed by atoms with E-state index in [9.17, 15) is 4.79 Å². The van der Waals surface area contributed by atoms with Crippen molar-refractivity contribution in [3.63, 3.8) is 0 Å². The van der Waals surface area contributed by atoms with Crippen LogP contribution in [0.1, 0.15) is 45.9 Å². The average molecular weight is 467 g/mol. The third kappa shape index (κ3) is 4.96. The quantitative estimate of drug-likeness (QED) is 0.433. The molecule has 8 heteroatoms. The van der Waals surface area contributed by atoms with E-state index in [1.165, 1.54) is 11.8 Å². The van der Waals surface area contributed by atoms with Crippen LogP contribution in [0.5, 0.6) is 5.88 Å². The number of carbonyl (C=O) groups excluding carboxylic acids is 1. The smallest absolute Gasteiger partial charge is 0.258 e. The number of nitrogens with one attached hydrogen (secondary N) is 1. The molecule has 8 nitrogen and oxygen atoms in total. The zero-order chi connectivity index (χ0) is 24.2. The van der Waals surface area contributed by atoms with Gasteiger partial charge in [0, 0.05) is 24.6 Å². The molecule has 3 heterocycles. The van der Waals surface area contributed by atoms with E-state index in [1.807, 2.05) is 56.3 Å². The van der Waals surface area contributed by atoms with Gasteiger partial charge in [0.05, 0.1) is 24.1 Å². The van der Waals surface area contributed by atoms with Crippen LogP contribution in [0.3, 0.4) is 0 Å². The molecule has 0 fully saturated rings. The van der Waals surface area contributed by atoms with Gasteiger partial charge in [0.1, 0.15) is 11.7 Å². The van der Waals surface area contributed by atoms with E-state index >= 15 is 0 Å². The fourth-order valence-electron chi connectivity index (χ4n) is 4.02. The Labute approximate surface area is 204 Å². The molecule has 2 aromatic heterocycles. The summed E-state index contributed by atoms with van der Waals surface area (Å²) in [4.78, 5) is 32.9. The lowest BCUT2D eigenvalue weighted by molar-refractivity contribution is 0.0941. The topological polar surface area (TPSA) is 93.1 Å². The Hall–Kier alpha value is -4.33. The van der Waals surface area contributed by atoms with Crippen LogP contribution in [0.25, 0.3) is 0 Å². The van der Waals surface area contributed by atoms with E-state index in [0.717, 1.165) is 29.9 Å². The van der Waals surface area contributed by atoms with E-state index in [-0.39, 0.29) is 30.0 Å². The molecule has 0 unspecified atom stereocenters. The second kappa shape index (κ2) is 9.89. The Morgan fingerprint density at radius 1 is 1.03 bits per heavy atom. The van der Waals surface area contributed by atoms with E-state index < -0.39 is 0 Å². The first-order valence-electron chi connectivity index (χ1n) is 11.6. The molecular formula is C27H26N6O2. The number of hydrogen-bond acceptors (Lipinski definition) is 7. The van der Waals surface area contributed by atoms with Gasteiger partial charge in [-0.2, -0.15) is 4.98 Å². The van der Waals surface area contributed by atoms with Gasteiger partial charge in [0.25, 0.3) is 5.91 Å². The van der Waals surface area contributed by atoms with Crippen molar-refractivity contribution in [3.05, 3.63) is 101 Å². The minimum absolute atomic E-state index is 0.237. The van der Waals surface area contributed by atoms with Gasteiger partial charge in [-0.3, -0.25) is 14.8 Å². The number of aromatic nitrogens is 4. The Morgan fingerprint density at radius 2 is 1.83 bits per heavy atom. The van der Waals surface area contributed by atoms with Crippen LogP contribution < -0.4 is 15.0 Å². The SMILES string of the molecule is Cc1cnc(CNC(=O)c2cnc(N3CCc4ccccc43)nc2O[C@@H](C)c2ccccc2)cn1. The van der Waals surface area contributed by atoms with Gasteiger partial charge in [-0.25, -0.2) is 4.98 Å². The predicted molar refractivity (Wildman–Crippen MR) is 133 cm³/mol. The number of benzene rings is 2. The predicted octanol–water partition coefficient (Wildman–Crippen LogP) is 4.34. The molecule has 2 aromatic carbocycles. The minimum Gasteiger partial charge on any atom is -0.469 e. The first kappa shape index (κ1) is 22.5. The zero-order valence-electron chi connectivity index (χ0n) is 19.7. The summed E-state index contributed by atoms with van der Waals surface area (Å²) in [6.45, 7) is 4.81. The van der Waals surface area contributed by atoms with Gasteiger partial charge >= 0.3 is 0 Å². The Bertz CT molecular complexity index is 1330. The lowest BCUT2D eigenvalue weighted by Gasteiger charge is -2.21. The second-order valence-electron chi connectivity index (χ2n) is 8.42. The van der Waals surface area contributed by atoms with Crippen LogP contribution in [0.4, 0.5) is 11.6 Å². The van der Waals surface area contributed by atoms with Crippen molar-refractivity contribution < 1.29 is 9.53 Å². The lowest BCUT2D eigenvalue weighted by Crippen LogP contribution is -2.26. The van der Waals surface area contributed by atoms with Crippen molar-refractivity contribution in [2.45, 2.75) is 32.9 Å². The molecular weight excluding hydrogens is 440 g/mol. The number of amides is 1. The van der Waals surface area contributed by atoms with Crippen molar-refractivity contribution in [2.75, 3.05) is 11.4 Å². The Kier molecular flexibility index (Phi) is 6.34. The van der Waals surface area contributed by atoms with Gasteiger partial charge in [-0.1, -0.05) is 48.5 Å². The highest BCUT2D eigenvalue weighted by atomic mass is 16.5. The monoisotopic (exact) mass is 466 g/mol. The number of hydrogen-bond donors (Lipinski definition) is 1. The molecule has 1 aliphatic rings. The molecule has 0 saturated heterocycles. The number of rotatable bonds is 7. The zero-order valence-corrected chi connectivity index (χ0v) is 19.7. The fourth-order valence-corrected chi connectivity index (χ4v) is 4.02. The van der Waals surface area contributed by atoms with Crippen LogP contribution in [0.15, 0.2) is 73.2 Å². The molecule has 0 saturated carbocycles. The van der Waals surface area contributed by atoms with E-state index in [2.05, 4.69) is 37.3 Å². The summed E-state index contributed by atoms with van der Waals surface area (Å²) in [5, 5.41) is 2.88. The molecule has 1 aliphatic heterocycles. The molecule has 35 heavy (non-hydrogen) atoms. The third-order valence-electron chi connectivity index (χ3n) is 5.94. The van der Waals surface area contributed by atoms with Gasteiger partial charge in [-0.05, 0) is 37.5 Å². The van der Waals surface area contributed by atoms with Crippen molar-refractivity contribution in [1.29, 1.82) is 0 Å². The fraction of sp³-hybridized carbons (Fsp3) is 0.222. The van der Waals surface area contributed by atoms with Crippen LogP contribution in [-0.4, -0.2) is 32.4 Å². The third-order valence-corrected chi connectivity index (χ3v) is 5.94. The number of carbonyl (C=O) groups is 1. The van der Waals surface area contributed by atoms with Gasteiger partial charge in [0.15, 0.2) is 0 Å². The number of ether oxygens (including phenoxy) is 1. The van der Waals surface area contributed by atoms with Crippen molar-refractivity contribution in [3.8, 4) is 5.88 Å². The molecule has 0 radical (unpaired) electrons. The van der Waals surface area contributed by atoms with Crippen LogP contribution >= 0.6 is 0 Å². The Balaban J connectivity index is 1.43. The number of aryl methyl sites for hydroxylation is 1. The summed E-state index contributed by atoms with van der Waals surface area (Å²) in [6, 6.07) is 18.0. The summed E-state index contributed by atoms with van der Waals surface area (Å²) >= 11 is 0. The molecule has 4 aromatic rings. The summed E-state index contributed by atoms with van der Waals surface area (Å²) in [6.07, 6.45) is 5.46. The maximum atomic E-state index is 13.1. The number of para-hydroxylation sites is 1. The van der Waals surface area contributed by atoms with Crippen LogP contribution in [0.2, 0.25) is 0 Å². The second-order valence-corrected chi connectivity index (χ2v) is 8.42. The summed E-state index contributed by atoms with van der Waals surface area (Å²) in [7, 11) is 0. The molecule has 0 spiro atoms. The lowest BCUT2D eigenvalue weighted by atomic mass is 10.1.